The smallest absolute Gasteiger partial charge is 0.437 e. The number of carbonyl (C=O) groups is 1. The fraction of sp³-hybridized carbons (Fsp3) is 0.417. The lowest BCUT2D eigenvalue weighted by Gasteiger charge is -2.22. The van der Waals surface area contributed by atoms with Crippen molar-refractivity contribution in [1.82, 2.24) is 0 Å². The van der Waals surface area contributed by atoms with Gasteiger partial charge in [0.2, 0.25) is 0 Å². The molecule has 0 fully saturated rings. The summed E-state index contributed by atoms with van der Waals surface area (Å²) in [5.41, 5.74) is 0.287. The van der Waals surface area contributed by atoms with Crippen molar-refractivity contribution < 1.29 is 18.7 Å². The van der Waals surface area contributed by atoms with Crippen molar-refractivity contribution in [2.24, 2.45) is 0 Å². The molecule has 6 heteroatoms. The van der Waals surface area contributed by atoms with Crippen LogP contribution in [0.1, 0.15) is 26.3 Å². The van der Waals surface area contributed by atoms with Crippen molar-refractivity contribution in [3.05, 3.63) is 26.9 Å². The first kappa shape index (κ1) is 15.2. The molecule has 0 aliphatic carbocycles. The molecule has 1 rings (SSSR count). The van der Waals surface area contributed by atoms with Gasteiger partial charge in [0, 0.05) is 0 Å². The molecule has 0 aliphatic heterocycles. The maximum absolute atomic E-state index is 14.1. The van der Waals surface area contributed by atoms with Gasteiger partial charge in [0.15, 0.2) is 11.6 Å². The third-order valence-corrected chi connectivity index (χ3v) is 3.24. The summed E-state index contributed by atoms with van der Waals surface area (Å²) in [4.78, 5) is 11.0. The van der Waals surface area contributed by atoms with Gasteiger partial charge in [0.1, 0.15) is 0 Å². The van der Waals surface area contributed by atoms with Crippen LogP contribution < -0.4 is 4.74 Å². The molecule has 0 saturated carbocycles. The largest absolute Gasteiger partial charge is 0.513 e. The van der Waals surface area contributed by atoms with Crippen LogP contribution >= 0.6 is 27.5 Å². The predicted molar refractivity (Wildman–Crippen MR) is 70.8 cm³/mol. The van der Waals surface area contributed by atoms with Crippen LogP contribution in [0.15, 0.2) is 10.5 Å². The summed E-state index contributed by atoms with van der Waals surface area (Å²) in [6, 6.07) is 1.63. The molecule has 0 atom stereocenters. The summed E-state index contributed by atoms with van der Waals surface area (Å²) in [5.74, 6) is -1.07. The average molecular weight is 340 g/mol. The number of rotatable bonds is 1. The molecule has 0 saturated heterocycles. The molecule has 18 heavy (non-hydrogen) atoms. The highest BCUT2D eigenvalue weighted by molar-refractivity contribution is 9.10. The highest BCUT2D eigenvalue weighted by Gasteiger charge is 2.25. The Morgan fingerprint density at radius 2 is 2.00 bits per heavy atom. The zero-order chi connectivity index (χ0) is 14.1. The molecule has 0 amide bonds. The fourth-order valence-corrected chi connectivity index (χ4v) is 2.25. The van der Waals surface area contributed by atoms with Gasteiger partial charge < -0.3 is 9.47 Å². The molecule has 0 N–H and O–H groups in total. The summed E-state index contributed by atoms with van der Waals surface area (Å²) >= 11 is 9.10. The number of benzene rings is 1. The Bertz CT molecular complexity index is 483. The Morgan fingerprint density at radius 3 is 2.44 bits per heavy atom. The molecule has 0 radical (unpaired) electrons. The molecule has 0 aliphatic rings. The van der Waals surface area contributed by atoms with Gasteiger partial charge in [-0.2, -0.15) is 0 Å². The molecule has 0 unspecified atom stereocenters. The third-order valence-electron chi connectivity index (χ3n) is 2.28. The summed E-state index contributed by atoms with van der Waals surface area (Å²) in [6.45, 7) is 5.71. The fourth-order valence-electron chi connectivity index (χ4n) is 1.34. The van der Waals surface area contributed by atoms with Gasteiger partial charge in [-0.05, 0) is 33.0 Å². The van der Waals surface area contributed by atoms with E-state index in [9.17, 15) is 9.18 Å². The van der Waals surface area contributed by atoms with Crippen LogP contribution in [-0.4, -0.2) is 13.3 Å². The molecule has 0 aromatic heterocycles. The lowest BCUT2D eigenvalue weighted by molar-refractivity contribution is 0.119. The molecule has 1 aromatic rings. The van der Waals surface area contributed by atoms with Crippen molar-refractivity contribution in [1.29, 1.82) is 0 Å². The standard InChI is InChI=1S/C12H13BrClFO3/c1-12(2,3)6-5-7(13)10(9(15)8(6)14)18-11(16)17-4/h5H,1-4H3. The topological polar surface area (TPSA) is 35.5 Å². The van der Waals surface area contributed by atoms with E-state index in [-0.39, 0.29) is 16.2 Å². The Balaban J connectivity index is 3.34. The minimum Gasteiger partial charge on any atom is -0.437 e. The Labute approximate surface area is 118 Å². The molecule has 0 heterocycles. The average Bonchev–Trinajstić information content (AvgIpc) is 2.27. The zero-order valence-electron chi connectivity index (χ0n) is 10.4. The Morgan fingerprint density at radius 1 is 1.44 bits per heavy atom. The molecule has 1 aromatic carbocycles. The van der Waals surface area contributed by atoms with Crippen molar-refractivity contribution in [2.45, 2.75) is 26.2 Å². The number of halogens is 3. The van der Waals surface area contributed by atoms with Crippen molar-refractivity contribution >= 4 is 33.7 Å². The molecular weight excluding hydrogens is 326 g/mol. The van der Waals surface area contributed by atoms with E-state index in [1.165, 1.54) is 0 Å². The van der Waals surface area contributed by atoms with Crippen LogP contribution in [0.5, 0.6) is 5.75 Å². The highest BCUT2D eigenvalue weighted by Crippen LogP contribution is 2.40. The summed E-state index contributed by atoms with van der Waals surface area (Å²) < 4.78 is 23.4. The minimum atomic E-state index is -1.01. The van der Waals surface area contributed by atoms with E-state index >= 15 is 0 Å². The SMILES string of the molecule is COC(=O)Oc1c(Br)cc(C(C)(C)C)c(Cl)c1F. The predicted octanol–water partition coefficient (Wildman–Crippen LogP) is 4.68. The number of ether oxygens (including phenoxy) is 2. The quantitative estimate of drug-likeness (QED) is 0.423. The third kappa shape index (κ3) is 3.14. The second-order valence-corrected chi connectivity index (χ2v) is 5.90. The molecule has 3 nitrogen and oxygen atoms in total. The number of methoxy groups -OCH3 is 1. The summed E-state index contributed by atoms with van der Waals surface area (Å²) in [6.07, 6.45) is -1.01. The monoisotopic (exact) mass is 338 g/mol. The van der Waals surface area contributed by atoms with Gasteiger partial charge in [-0.25, -0.2) is 9.18 Å². The number of hydrogen-bond donors (Lipinski definition) is 0. The van der Waals surface area contributed by atoms with Crippen LogP contribution in [0.2, 0.25) is 5.02 Å². The Kier molecular flexibility index (Phi) is 4.61. The minimum absolute atomic E-state index is 0.0652. The van der Waals surface area contributed by atoms with E-state index < -0.39 is 12.0 Å². The van der Waals surface area contributed by atoms with Crippen molar-refractivity contribution in [2.75, 3.05) is 7.11 Å². The summed E-state index contributed by atoms with van der Waals surface area (Å²) in [7, 11) is 1.14. The second kappa shape index (κ2) is 5.45. The van der Waals surface area contributed by atoms with E-state index in [0.717, 1.165) is 7.11 Å². The first-order valence-electron chi connectivity index (χ1n) is 5.12. The van der Waals surface area contributed by atoms with Gasteiger partial charge >= 0.3 is 6.16 Å². The second-order valence-electron chi connectivity index (χ2n) is 4.67. The van der Waals surface area contributed by atoms with E-state index in [0.29, 0.717) is 10.0 Å². The lowest BCUT2D eigenvalue weighted by Crippen LogP contribution is -2.15. The van der Waals surface area contributed by atoms with Gasteiger partial charge in [-0.15, -0.1) is 0 Å². The maximum Gasteiger partial charge on any atom is 0.513 e. The van der Waals surface area contributed by atoms with E-state index in [1.54, 1.807) is 6.07 Å². The van der Waals surface area contributed by atoms with Crippen LogP contribution in [0.25, 0.3) is 0 Å². The zero-order valence-corrected chi connectivity index (χ0v) is 12.8. The first-order chi connectivity index (χ1) is 8.18. The molecule has 0 spiro atoms. The van der Waals surface area contributed by atoms with E-state index in [4.69, 9.17) is 16.3 Å². The molecule has 0 bridgehead atoms. The van der Waals surface area contributed by atoms with Crippen molar-refractivity contribution in [3.8, 4) is 5.75 Å². The normalized spacial score (nSPS) is 11.3. The van der Waals surface area contributed by atoms with Crippen LogP contribution in [0.3, 0.4) is 0 Å². The van der Waals surface area contributed by atoms with Gasteiger partial charge in [-0.3, -0.25) is 0 Å². The van der Waals surface area contributed by atoms with E-state index in [1.807, 2.05) is 20.8 Å². The lowest BCUT2D eigenvalue weighted by atomic mass is 9.87. The number of carbonyl (C=O) groups excluding carboxylic acids is 1. The van der Waals surface area contributed by atoms with Gasteiger partial charge in [0.25, 0.3) is 0 Å². The maximum atomic E-state index is 14.1. The summed E-state index contributed by atoms with van der Waals surface area (Å²) in [5, 5.41) is -0.0652. The molecular formula is C12H13BrClFO3. The van der Waals surface area contributed by atoms with Gasteiger partial charge in [0.05, 0.1) is 16.6 Å². The molecule has 100 valence electrons. The Hall–Kier alpha value is -0.810. The number of hydrogen-bond acceptors (Lipinski definition) is 3. The van der Waals surface area contributed by atoms with Crippen LogP contribution in [-0.2, 0) is 10.2 Å². The van der Waals surface area contributed by atoms with Crippen LogP contribution in [0.4, 0.5) is 9.18 Å². The van der Waals surface area contributed by atoms with E-state index in [2.05, 4.69) is 20.7 Å². The van der Waals surface area contributed by atoms with Crippen LogP contribution in [0, 0.1) is 5.82 Å². The first-order valence-corrected chi connectivity index (χ1v) is 6.29. The van der Waals surface area contributed by atoms with Crippen molar-refractivity contribution in [3.63, 3.8) is 0 Å². The van der Waals surface area contributed by atoms with Gasteiger partial charge in [-0.1, -0.05) is 32.4 Å². The highest BCUT2D eigenvalue weighted by atomic mass is 79.9.